The number of nitrogens with zero attached hydrogens (tertiary/aromatic N) is 2. The van der Waals surface area contributed by atoms with Gasteiger partial charge >= 0.3 is 6.03 Å². The molecule has 1 unspecified atom stereocenters. The second-order valence-corrected chi connectivity index (χ2v) is 5.16. The molecule has 1 atom stereocenters. The summed E-state index contributed by atoms with van der Waals surface area (Å²) in [6.45, 7) is 6.58. The Bertz CT molecular complexity index is 329. The minimum Gasteiger partial charge on any atom is -0.338 e. The third-order valence-corrected chi connectivity index (χ3v) is 3.75. The first-order valence-corrected chi connectivity index (χ1v) is 7.28. The first-order chi connectivity index (χ1) is 9.24. The van der Waals surface area contributed by atoms with E-state index in [4.69, 9.17) is 0 Å². The van der Waals surface area contributed by atoms with Crippen molar-refractivity contribution in [2.45, 2.75) is 32.2 Å². The standard InChI is InChI=1S/C13H24N4O2/c1-2-5-15-13(19)17-8-3-4-11(17)12(18)16-9-6-14-7-10-16/h11,14H,2-10H2,1H3,(H,15,19). The quantitative estimate of drug-likeness (QED) is 0.757. The highest BCUT2D eigenvalue weighted by atomic mass is 16.2. The van der Waals surface area contributed by atoms with Crippen molar-refractivity contribution >= 4 is 11.9 Å². The van der Waals surface area contributed by atoms with E-state index in [2.05, 4.69) is 10.6 Å². The monoisotopic (exact) mass is 268 g/mol. The maximum atomic E-state index is 12.5. The molecule has 2 fully saturated rings. The number of carbonyl (C=O) groups is 2. The van der Waals surface area contributed by atoms with E-state index in [0.29, 0.717) is 13.1 Å². The lowest BCUT2D eigenvalue weighted by Crippen LogP contribution is -2.54. The molecule has 0 saturated carbocycles. The van der Waals surface area contributed by atoms with Crippen LogP contribution >= 0.6 is 0 Å². The average Bonchev–Trinajstić information content (AvgIpc) is 2.94. The van der Waals surface area contributed by atoms with Gasteiger partial charge in [-0.25, -0.2) is 4.79 Å². The third-order valence-electron chi connectivity index (χ3n) is 3.75. The Morgan fingerprint density at radius 2 is 2.00 bits per heavy atom. The number of piperazine rings is 1. The van der Waals surface area contributed by atoms with E-state index in [1.165, 1.54) is 0 Å². The van der Waals surface area contributed by atoms with Crippen LogP contribution in [0.5, 0.6) is 0 Å². The van der Waals surface area contributed by atoms with Gasteiger partial charge in [0.2, 0.25) is 5.91 Å². The Morgan fingerprint density at radius 3 is 2.68 bits per heavy atom. The molecular formula is C13H24N4O2. The van der Waals surface area contributed by atoms with E-state index in [1.54, 1.807) is 4.90 Å². The Morgan fingerprint density at radius 1 is 1.26 bits per heavy atom. The van der Waals surface area contributed by atoms with Crippen LogP contribution in [0.15, 0.2) is 0 Å². The summed E-state index contributed by atoms with van der Waals surface area (Å²) in [5, 5.41) is 6.10. The number of rotatable bonds is 3. The van der Waals surface area contributed by atoms with Gasteiger partial charge in [-0.05, 0) is 19.3 Å². The summed E-state index contributed by atoms with van der Waals surface area (Å²) < 4.78 is 0. The summed E-state index contributed by atoms with van der Waals surface area (Å²) >= 11 is 0. The lowest BCUT2D eigenvalue weighted by molar-refractivity contribution is -0.135. The van der Waals surface area contributed by atoms with Gasteiger partial charge in [0.25, 0.3) is 0 Å². The zero-order valence-electron chi connectivity index (χ0n) is 11.7. The summed E-state index contributed by atoms with van der Waals surface area (Å²) in [7, 11) is 0. The summed E-state index contributed by atoms with van der Waals surface area (Å²) in [4.78, 5) is 28.1. The molecule has 6 heteroatoms. The molecular weight excluding hydrogens is 244 g/mol. The molecule has 0 bridgehead atoms. The van der Waals surface area contributed by atoms with Gasteiger partial charge in [0.1, 0.15) is 6.04 Å². The van der Waals surface area contributed by atoms with Crippen LogP contribution in [0, 0.1) is 0 Å². The molecule has 6 nitrogen and oxygen atoms in total. The topological polar surface area (TPSA) is 64.7 Å². The molecule has 2 aliphatic heterocycles. The molecule has 2 heterocycles. The average molecular weight is 268 g/mol. The molecule has 0 spiro atoms. The molecule has 2 N–H and O–H groups in total. The van der Waals surface area contributed by atoms with Crippen molar-refractivity contribution in [2.24, 2.45) is 0 Å². The zero-order chi connectivity index (χ0) is 13.7. The maximum absolute atomic E-state index is 12.5. The summed E-state index contributed by atoms with van der Waals surface area (Å²) in [5.41, 5.74) is 0. The highest BCUT2D eigenvalue weighted by Crippen LogP contribution is 2.19. The normalized spacial score (nSPS) is 23.5. The van der Waals surface area contributed by atoms with E-state index in [9.17, 15) is 9.59 Å². The summed E-state index contributed by atoms with van der Waals surface area (Å²) in [6.07, 6.45) is 2.63. The lowest BCUT2D eigenvalue weighted by atomic mass is 10.2. The van der Waals surface area contributed by atoms with E-state index >= 15 is 0 Å². The number of nitrogens with one attached hydrogen (secondary N) is 2. The molecule has 0 aromatic carbocycles. The van der Waals surface area contributed by atoms with Crippen molar-refractivity contribution < 1.29 is 9.59 Å². The van der Waals surface area contributed by atoms with Crippen LogP contribution < -0.4 is 10.6 Å². The van der Waals surface area contributed by atoms with Gasteiger partial charge in [-0.1, -0.05) is 6.92 Å². The highest BCUT2D eigenvalue weighted by Gasteiger charge is 2.36. The first-order valence-electron chi connectivity index (χ1n) is 7.28. The van der Waals surface area contributed by atoms with E-state index in [-0.39, 0.29) is 18.0 Å². The highest BCUT2D eigenvalue weighted by molar-refractivity contribution is 5.87. The van der Waals surface area contributed by atoms with Gasteiger partial charge in [0, 0.05) is 39.3 Å². The SMILES string of the molecule is CCCNC(=O)N1CCCC1C(=O)N1CCNCC1. The predicted octanol–water partition coefficient (Wildman–Crippen LogP) is 0.00220. The van der Waals surface area contributed by atoms with E-state index < -0.39 is 0 Å². The lowest BCUT2D eigenvalue weighted by Gasteiger charge is -2.32. The van der Waals surface area contributed by atoms with Crippen molar-refractivity contribution in [3.05, 3.63) is 0 Å². The fourth-order valence-electron chi connectivity index (χ4n) is 2.70. The molecule has 0 aliphatic carbocycles. The second kappa shape index (κ2) is 6.75. The van der Waals surface area contributed by atoms with Gasteiger partial charge in [-0.2, -0.15) is 0 Å². The van der Waals surface area contributed by atoms with Crippen LogP contribution in [0.25, 0.3) is 0 Å². The molecule has 0 aromatic rings. The number of carbonyl (C=O) groups excluding carboxylic acids is 2. The van der Waals surface area contributed by atoms with Crippen molar-refractivity contribution in [3.8, 4) is 0 Å². The van der Waals surface area contributed by atoms with Crippen LogP contribution in [-0.4, -0.2) is 67.0 Å². The molecule has 3 amide bonds. The maximum Gasteiger partial charge on any atom is 0.318 e. The van der Waals surface area contributed by atoms with Crippen molar-refractivity contribution in [1.29, 1.82) is 0 Å². The molecule has 0 radical (unpaired) electrons. The zero-order valence-corrected chi connectivity index (χ0v) is 11.7. The second-order valence-electron chi connectivity index (χ2n) is 5.16. The molecule has 2 rings (SSSR count). The van der Waals surface area contributed by atoms with Gasteiger partial charge in [-0.3, -0.25) is 4.79 Å². The third kappa shape index (κ3) is 3.37. The number of urea groups is 1. The predicted molar refractivity (Wildman–Crippen MR) is 72.9 cm³/mol. The Hall–Kier alpha value is -1.30. The number of hydrogen-bond acceptors (Lipinski definition) is 3. The Balaban J connectivity index is 1.93. The van der Waals surface area contributed by atoms with Crippen LogP contribution in [0.4, 0.5) is 4.79 Å². The van der Waals surface area contributed by atoms with Crippen LogP contribution in [0.1, 0.15) is 26.2 Å². The Kier molecular flexibility index (Phi) is 5.01. The first kappa shape index (κ1) is 14.1. The van der Waals surface area contributed by atoms with E-state index in [0.717, 1.165) is 45.4 Å². The summed E-state index contributed by atoms with van der Waals surface area (Å²) in [6, 6.07) is -0.345. The number of hydrogen-bond donors (Lipinski definition) is 2. The van der Waals surface area contributed by atoms with Crippen LogP contribution in [0.2, 0.25) is 0 Å². The fourth-order valence-corrected chi connectivity index (χ4v) is 2.70. The summed E-state index contributed by atoms with van der Waals surface area (Å²) in [5.74, 6) is 0.116. The van der Waals surface area contributed by atoms with Crippen molar-refractivity contribution in [2.75, 3.05) is 39.3 Å². The fraction of sp³-hybridized carbons (Fsp3) is 0.846. The number of likely N-dealkylation sites (tertiary alicyclic amines) is 1. The van der Waals surface area contributed by atoms with Crippen molar-refractivity contribution in [1.82, 2.24) is 20.4 Å². The molecule has 2 saturated heterocycles. The largest absolute Gasteiger partial charge is 0.338 e. The minimum atomic E-state index is -0.255. The van der Waals surface area contributed by atoms with Gasteiger partial charge in [0.15, 0.2) is 0 Å². The van der Waals surface area contributed by atoms with Crippen LogP contribution in [0.3, 0.4) is 0 Å². The van der Waals surface area contributed by atoms with Gasteiger partial charge in [-0.15, -0.1) is 0 Å². The van der Waals surface area contributed by atoms with Gasteiger partial charge < -0.3 is 20.4 Å². The van der Waals surface area contributed by atoms with Crippen LogP contribution in [-0.2, 0) is 4.79 Å². The number of amides is 3. The smallest absolute Gasteiger partial charge is 0.318 e. The molecule has 108 valence electrons. The Labute approximate surface area is 114 Å². The van der Waals surface area contributed by atoms with E-state index in [1.807, 2.05) is 11.8 Å². The minimum absolute atomic E-state index is 0.0900. The van der Waals surface area contributed by atoms with Gasteiger partial charge in [0.05, 0.1) is 0 Å². The molecule has 2 aliphatic rings. The molecule has 19 heavy (non-hydrogen) atoms. The van der Waals surface area contributed by atoms with Crippen molar-refractivity contribution in [3.63, 3.8) is 0 Å². The molecule has 0 aromatic heterocycles.